The second-order valence-electron chi connectivity index (χ2n) is 22.7. The normalized spacial score (nSPS) is 12.9. The second-order valence-corrected chi connectivity index (χ2v) is 22.7. The molecule has 82 heavy (non-hydrogen) atoms. The lowest BCUT2D eigenvalue weighted by molar-refractivity contribution is -0.167. The van der Waals surface area contributed by atoms with E-state index >= 15 is 0 Å². The summed E-state index contributed by atoms with van der Waals surface area (Å²) in [5.74, 6) is -0.903. The molecule has 468 valence electrons. The van der Waals surface area contributed by atoms with Crippen LogP contribution in [0.1, 0.15) is 323 Å². The number of unbranched alkanes of at least 4 members (excludes halogenated alkanes) is 31. The second kappa shape index (κ2) is 69.3. The van der Waals surface area contributed by atoms with Gasteiger partial charge in [0.2, 0.25) is 0 Å². The number of hydrogen-bond acceptors (Lipinski definition) is 6. The first kappa shape index (κ1) is 77.8. The molecule has 6 heteroatoms. The summed E-state index contributed by atoms with van der Waals surface area (Å²) < 4.78 is 17.0. The maximum Gasteiger partial charge on any atom is 0.306 e. The molecule has 0 aliphatic heterocycles. The van der Waals surface area contributed by atoms with E-state index in [0.29, 0.717) is 19.3 Å². The van der Waals surface area contributed by atoms with Gasteiger partial charge in [-0.3, -0.25) is 14.4 Å². The number of carbonyl (C=O) groups is 3. The quantitative estimate of drug-likeness (QED) is 0.0261. The summed E-state index contributed by atoms with van der Waals surface area (Å²) in [4.78, 5) is 38.4. The molecule has 0 aromatic heterocycles. The molecule has 0 aromatic rings. The monoisotopic (exact) mass is 1140 g/mol. The molecule has 0 saturated carbocycles. The average molecular weight is 1140 g/mol. The molecule has 0 aromatic carbocycles. The Kier molecular flexibility index (Phi) is 65.8. The van der Waals surface area contributed by atoms with Gasteiger partial charge in [0.15, 0.2) is 6.10 Å². The zero-order valence-corrected chi connectivity index (χ0v) is 53.7. The molecule has 0 aliphatic carbocycles. The minimum Gasteiger partial charge on any atom is -0.462 e. The van der Waals surface area contributed by atoms with Crippen LogP contribution in [0.5, 0.6) is 0 Å². The molecule has 0 spiro atoms. The third-order valence-corrected chi connectivity index (χ3v) is 14.7. The van der Waals surface area contributed by atoms with Gasteiger partial charge < -0.3 is 14.2 Å². The predicted molar refractivity (Wildman–Crippen MR) is 357 cm³/mol. The molecule has 6 nitrogen and oxygen atoms in total. The zero-order chi connectivity index (χ0) is 59.2. The third kappa shape index (κ3) is 66.6. The van der Waals surface area contributed by atoms with E-state index in [0.717, 1.165) is 135 Å². The standard InChI is InChI=1S/C76H128O6/c1-4-7-10-13-16-19-22-25-28-30-32-33-34-35-36-37-38-39-40-41-42-43-44-46-48-51-54-57-60-63-66-69-75(78)81-72-73(71-80-74(77)68-65-62-59-56-53-50-47-27-24-21-18-15-12-9-6-3)82-76(79)70-67-64-61-58-55-52-49-45-31-29-26-23-20-17-14-11-8-5-2/h7,10,16,18-19,21,25,27-29,31-33,35-36,38-39,41-42,47,73H,4-6,8-9,11-15,17,20,22-24,26,30,34,37,40,43-46,48-72H2,1-3H3/b10-7-,19-16-,21-18-,28-25-,31-29-,33-32-,36-35-,39-38-,42-41-,47-27-. The lowest BCUT2D eigenvalue weighted by Gasteiger charge is -2.18. The molecule has 0 N–H and O–H groups in total. The minimum absolute atomic E-state index is 0.0882. The summed E-state index contributed by atoms with van der Waals surface area (Å²) in [7, 11) is 0. The maximum atomic E-state index is 12.9. The first-order valence-corrected chi connectivity index (χ1v) is 34.5. The van der Waals surface area contributed by atoms with Crippen LogP contribution in [-0.2, 0) is 28.6 Å². The topological polar surface area (TPSA) is 78.9 Å². The summed E-state index contributed by atoms with van der Waals surface area (Å²) in [5.41, 5.74) is 0. The van der Waals surface area contributed by atoms with E-state index in [1.54, 1.807) is 0 Å². The summed E-state index contributed by atoms with van der Waals surface area (Å²) in [6, 6.07) is 0. The highest BCUT2D eigenvalue weighted by Gasteiger charge is 2.19. The van der Waals surface area contributed by atoms with Crippen molar-refractivity contribution in [3.63, 3.8) is 0 Å². The van der Waals surface area contributed by atoms with Gasteiger partial charge >= 0.3 is 17.9 Å². The molecule has 1 unspecified atom stereocenters. The molecule has 0 rings (SSSR count). The van der Waals surface area contributed by atoms with Crippen LogP contribution in [0.25, 0.3) is 0 Å². The van der Waals surface area contributed by atoms with Crippen molar-refractivity contribution in [1.82, 2.24) is 0 Å². The Morgan fingerprint density at radius 1 is 0.256 bits per heavy atom. The van der Waals surface area contributed by atoms with Crippen LogP contribution >= 0.6 is 0 Å². The highest BCUT2D eigenvalue weighted by atomic mass is 16.6. The fourth-order valence-corrected chi connectivity index (χ4v) is 9.51. The van der Waals surface area contributed by atoms with Crippen molar-refractivity contribution in [1.29, 1.82) is 0 Å². The highest BCUT2D eigenvalue weighted by Crippen LogP contribution is 2.16. The molecular weight excluding hydrogens is 1010 g/mol. The van der Waals surface area contributed by atoms with Gasteiger partial charge in [-0.2, -0.15) is 0 Å². The number of ether oxygens (including phenoxy) is 3. The molecule has 0 amide bonds. The number of rotatable bonds is 62. The van der Waals surface area contributed by atoms with Gasteiger partial charge in [-0.25, -0.2) is 0 Å². The van der Waals surface area contributed by atoms with E-state index in [-0.39, 0.29) is 31.1 Å². The van der Waals surface area contributed by atoms with Crippen molar-refractivity contribution in [2.45, 2.75) is 329 Å². The van der Waals surface area contributed by atoms with Crippen molar-refractivity contribution in [3.8, 4) is 0 Å². The molecule has 0 fully saturated rings. The van der Waals surface area contributed by atoms with E-state index in [4.69, 9.17) is 14.2 Å². The van der Waals surface area contributed by atoms with Gasteiger partial charge in [0.25, 0.3) is 0 Å². The average Bonchev–Trinajstić information content (AvgIpc) is 3.47. The van der Waals surface area contributed by atoms with Gasteiger partial charge in [-0.05, 0) is 135 Å². The molecule has 0 aliphatic rings. The molecule has 0 radical (unpaired) electrons. The van der Waals surface area contributed by atoms with Crippen LogP contribution in [0.3, 0.4) is 0 Å². The zero-order valence-electron chi connectivity index (χ0n) is 53.7. The van der Waals surface area contributed by atoms with E-state index < -0.39 is 6.10 Å². The summed E-state index contributed by atoms with van der Waals surface area (Å²) in [6.45, 7) is 6.50. The van der Waals surface area contributed by atoms with Crippen molar-refractivity contribution in [2.75, 3.05) is 13.2 Å². The Bertz CT molecular complexity index is 1690. The molecular formula is C76H128O6. The molecule has 0 bridgehead atoms. The number of esters is 3. The van der Waals surface area contributed by atoms with Crippen LogP contribution in [0.15, 0.2) is 122 Å². The van der Waals surface area contributed by atoms with Gasteiger partial charge in [-0.1, -0.05) is 290 Å². The van der Waals surface area contributed by atoms with Gasteiger partial charge in [-0.15, -0.1) is 0 Å². The molecule has 0 heterocycles. The fourth-order valence-electron chi connectivity index (χ4n) is 9.51. The Morgan fingerprint density at radius 3 is 0.780 bits per heavy atom. The van der Waals surface area contributed by atoms with Gasteiger partial charge in [0.1, 0.15) is 13.2 Å². The van der Waals surface area contributed by atoms with Crippen LogP contribution in [-0.4, -0.2) is 37.2 Å². The van der Waals surface area contributed by atoms with Gasteiger partial charge in [0.05, 0.1) is 0 Å². The number of carbonyl (C=O) groups excluding carboxylic acids is 3. The number of hydrogen-bond donors (Lipinski definition) is 0. The van der Waals surface area contributed by atoms with E-state index in [1.165, 1.54) is 148 Å². The van der Waals surface area contributed by atoms with E-state index in [1.807, 2.05) is 0 Å². The van der Waals surface area contributed by atoms with Crippen molar-refractivity contribution >= 4 is 17.9 Å². The molecule has 0 saturated heterocycles. The minimum atomic E-state index is -0.793. The lowest BCUT2D eigenvalue weighted by Crippen LogP contribution is -2.30. The lowest BCUT2D eigenvalue weighted by atomic mass is 10.1. The van der Waals surface area contributed by atoms with Crippen LogP contribution < -0.4 is 0 Å². The van der Waals surface area contributed by atoms with E-state index in [9.17, 15) is 14.4 Å². The predicted octanol–water partition coefficient (Wildman–Crippen LogP) is 23.9. The van der Waals surface area contributed by atoms with Crippen LogP contribution in [0.4, 0.5) is 0 Å². The first-order chi connectivity index (χ1) is 40.5. The maximum absolute atomic E-state index is 12.9. The van der Waals surface area contributed by atoms with Crippen molar-refractivity contribution in [3.05, 3.63) is 122 Å². The van der Waals surface area contributed by atoms with Gasteiger partial charge in [0, 0.05) is 19.3 Å². The smallest absolute Gasteiger partial charge is 0.306 e. The van der Waals surface area contributed by atoms with Crippen LogP contribution in [0.2, 0.25) is 0 Å². The number of allylic oxidation sites excluding steroid dienone is 20. The summed E-state index contributed by atoms with van der Waals surface area (Å²) in [5, 5.41) is 0. The summed E-state index contributed by atoms with van der Waals surface area (Å²) in [6.07, 6.45) is 96.4. The van der Waals surface area contributed by atoms with Crippen molar-refractivity contribution < 1.29 is 28.6 Å². The SMILES string of the molecule is CC/C=C\C/C=C\C/C=C\C/C=C\C/C=C\C/C=C\C/C=C\CCCCCCCCCCCC(=O)OCC(COC(=O)CCCCCCC/C=C\C/C=C\CCCCC)OC(=O)CCCCCCCCC/C=C\CCCCCCCCC. The molecule has 1 atom stereocenters. The Labute approximate surface area is 507 Å². The Hall–Kier alpha value is -4.19. The fraction of sp³-hybridized carbons (Fsp3) is 0.697. The van der Waals surface area contributed by atoms with Crippen molar-refractivity contribution in [2.24, 2.45) is 0 Å². The Morgan fingerprint density at radius 2 is 0.476 bits per heavy atom. The van der Waals surface area contributed by atoms with E-state index in [2.05, 4.69) is 142 Å². The first-order valence-electron chi connectivity index (χ1n) is 34.5. The van der Waals surface area contributed by atoms with Crippen LogP contribution in [0, 0.1) is 0 Å². The Balaban J connectivity index is 4.33. The summed E-state index contributed by atoms with van der Waals surface area (Å²) >= 11 is 0. The third-order valence-electron chi connectivity index (χ3n) is 14.7. The highest BCUT2D eigenvalue weighted by molar-refractivity contribution is 5.71. The largest absolute Gasteiger partial charge is 0.462 e.